The Bertz CT molecular complexity index is 613. The first-order valence-corrected chi connectivity index (χ1v) is 7.01. The van der Waals surface area contributed by atoms with E-state index in [1.165, 1.54) is 18.2 Å². The minimum Gasteiger partial charge on any atom is -0.392 e. The molecule has 0 radical (unpaired) electrons. The standard InChI is InChI=1S/C16H16ClF2NO/c1-2-20(9-13-15(18)4-3-5-16(13)19)12-7-6-11(10-21)14(17)8-12/h3-8,21H,2,9-10H2,1H3. The van der Waals surface area contributed by atoms with Crippen LogP contribution in [0.15, 0.2) is 36.4 Å². The Morgan fingerprint density at radius 2 is 1.81 bits per heavy atom. The minimum absolute atomic E-state index is 0.0294. The van der Waals surface area contributed by atoms with Crippen molar-refractivity contribution in [3.8, 4) is 0 Å². The fourth-order valence-electron chi connectivity index (χ4n) is 2.12. The summed E-state index contributed by atoms with van der Waals surface area (Å²) in [6.07, 6.45) is 0. The molecule has 2 nitrogen and oxygen atoms in total. The van der Waals surface area contributed by atoms with E-state index in [2.05, 4.69) is 0 Å². The molecule has 0 aliphatic carbocycles. The Morgan fingerprint density at radius 1 is 1.14 bits per heavy atom. The molecule has 0 saturated heterocycles. The van der Waals surface area contributed by atoms with Gasteiger partial charge in [0.25, 0.3) is 0 Å². The molecule has 21 heavy (non-hydrogen) atoms. The number of rotatable bonds is 5. The molecule has 0 aromatic heterocycles. The predicted molar refractivity (Wildman–Crippen MR) is 80.5 cm³/mol. The van der Waals surface area contributed by atoms with E-state index < -0.39 is 11.6 Å². The van der Waals surface area contributed by atoms with Crippen molar-refractivity contribution < 1.29 is 13.9 Å². The van der Waals surface area contributed by atoms with Crippen LogP contribution in [0.1, 0.15) is 18.1 Å². The summed E-state index contributed by atoms with van der Waals surface area (Å²) in [6.45, 7) is 2.44. The average molecular weight is 312 g/mol. The largest absolute Gasteiger partial charge is 0.392 e. The second-order valence-electron chi connectivity index (χ2n) is 4.65. The Kier molecular flexibility index (Phi) is 5.15. The molecule has 0 aliphatic rings. The summed E-state index contributed by atoms with van der Waals surface area (Å²) >= 11 is 6.06. The Hall–Kier alpha value is -1.65. The van der Waals surface area contributed by atoms with E-state index in [0.717, 1.165) is 5.69 Å². The summed E-state index contributed by atoms with van der Waals surface area (Å²) in [7, 11) is 0. The third-order valence-electron chi connectivity index (χ3n) is 3.36. The second-order valence-corrected chi connectivity index (χ2v) is 5.06. The summed E-state index contributed by atoms with van der Waals surface area (Å²) in [4.78, 5) is 1.81. The third kappa shape index (κ3) is 3.52. The molecular weight excluding hydrogens is 296 g/mol. The van der Waals surface area contributed by atoms with Gasteiger partial charge in [-0.25, -0.2) is 8.78 Å². The molecule has 0 aliphatic heterocycles. The Balaban J connectivity index is 2.30. The van der Waals surface area contributed by atoms with Crippen LogP contribution < -0.4 is 4.90 Å². The van der Waals surface area contributed by atoms with Gasteiger partial charge in [-0.15, -0.1) is 0 Å². The predicted octanol–water partition coefficient (Wildman–Crippen LogP) is 4.14. The lowest BCUT2D eigenvalue weighted by Gasteiger charge is -2.24. The SMILES string of the molecule is CCN(Cc1c(F)cccc1F)c1ccc(CO)c(Cl)c1. The normalized spacial score (nSPS) is 10.7. The van der Waals surface area contributed by atoms with Crippen LogP contribution in [0.3, 0.4) is 0 Å². The number of aliphatic hydroxyl groups is 1. The topological polar surface area (TPSA) is 23.5 Å². The number of hydrogen-bond donors (Lipinski definition) is 1. The van der Waals surface area contributed by atoms with Gasteiger partial charge in [0.1, 0.15) is 11.6 Å². The van der Waals surface area contributed by atoms with E-state index >= 15 is 0 Å². The van der Waals surface area contributed by atoms with Crippen molar-refractivity contribution in [3.63, 3.8) is 0 Å². The van der Waals surface area contributed by atoms with Crippen LogP contribution in [0.2, 0.25) is 5.02 Å². The van der Waals surface area contributed by atoms with Crippen molar-refractivity contribution in [2.45, 2.75) is 20.1 Å². The van der Waals surface area contributed by atoms with E-state index in [9.17, 15) is 8.78 Å². The van der Waals surface area contributed by atoms with Crippen LogP contribution >= 0.6 is 11.6 Å². The van der Waals surface area contributed by atoms with Crippen LogP contribution in [-0.2, 0) is 13.2 Å². The van der Waals surface area contributed by atoms with Gasteiger partial charge in [-0.1, -0.05) is 23.7 Å². The van der Waals surface area contributed by atoms with Crippen LogP contribution in [0.4, 0.5) is 14.5 Å². The molecule has 0 unspecified atom stereocenters. The van der Waals surface area contributed by atoms with E-state index in [-0.39, 0.29) is 18.7 Å². The van der Waals surface area contributed by atoms with Crippen molar-refractivity contribution in [2.75, 3.05) is 11.4 Å². The van der Waals surface area contributed by atoms with Crippen LogP contribution in [0.25, 0.3) is 0 Å². The zero-order chi connectivity index (χ0) is 15.4. The molecule has 0 heterocycles. The highest BCUT2D eigenvalue weighted by Crippen LogP contribution is 2.26. The van der Waals surface area contributed by atoms with Crippen LogP contribution in [0.5, 0.6) is 0 Å². The van der Waals surface area contributed by atoms with Gasteiger partial charge in [0.15, 0.2) is 0 Å². The maximum atomic E-state index is 13.7. The zero-order valence-electron chi connectivity index (χ0n) is 11.6. The highest BCUT2D eigenvalue weighted by Gasteiger charge is 2.14. The number of halogens is 3. The van der Waals surface area contributed by atoms with Gasteiger partial charge in [-0.2, -0.15) is 0 Å². The molecule has 2 aromatic rings. The fraction of sp³-hybridized carbons (Fsp3) is 0.250. The lowest BCUT2D eigenvalue weighted by molar-refractivity contribution is 0.282. The van der Waals surface area contributed by atoms with Crippen molar-refractivity contribution in [2.24, 2.45) is 0 Å². The van der Waals surface area contributed by atoms with Crippen molar-refractivity contribution in [1.82, 2.24) is 0 Å². The number of nitrogens with zero attached hydrogens (tertiary/aromatic N) is 1. The number of benzene rings is 2. The lowest BCUT2D eigenvalue weighted by Crippen LogP contribution is -2.23. The molecule has 0 bridgehead atoms. The summed E-state index contributed by atoms with van der Waals surface area (Å²) in [5, 5.41) is 9.55. The van der Waals surface area contributed by atoms with E-state index in [4.69, 9.17) is 16.7 Å². The Morgan fingerprint density at radius 3 is 2.33 bits per heavy atom. The summed E-state index contributed by atoms with van der Waals surface area (Å²) in [5.74, 6) is -1.13. The highest BCUT2D eigenvalue weighted by atomic mass is 35.5. The van der Waals surface area contributed by atoms with Crippen molar-refractivity contribution in [1.29, 1.82) is 0 Å². The minimum atomic E-state index is -0.563. The quantitative estimate of drug-likeness (QED) is 0.897. The third-order valence-corrected chi connectivity index (χ3v) is 3.72. The van der Waals surface area contributed by atoms with E-state index in [1.807, 2.05) is 11.8 Å². The monoisotopic (exact) mass is 311 g/mol. The van der Waals surface area contributed by atoms with E-state index in [0.29, 0.717) is 17.1 Å². The maximum absolute atomic E-state index is 13.7. The van der Waals surface area contributed by atoms with Gasteiger partial charge in [0.05, 0.1) is 6.61 Å². The number of aliphatic hydroxyl groups excluding tert-OH is 1. The summed E-state index contributed by atoms with van der Waals surface area (Å²) in [5.41, 5.74) is 1.40. The molecule has 0 amide bonds. The van der Waals surface area contributed by atoms with Crippen molar-refractivity contribution in [3.05, 3.63) is 64.2 Å². The smallest absolute Gasteiger partial charge is 0.131 e. The molecule has 1 N–H and O–H groups in total. The fourth-order valence-corrected chi connectivity index (χ4v) is 2.36. The first-order valence-electron chi connectivity index (χ1n) is 6.64. The number of hydrogen-bond acceptors (Lipinski definition) is 2. The van der Waals surface area contributed by atoms with Crippen LogP contribution in [-0.4, -0.2) is 11.7 Å². The molecule has 0 fully saturated rings. The van der Waals surface area contributed by atoms with Gasteiger partial charge >= 0.3 is 0 Å². The molecule has 5 heteroatoms. The molecule has 2 aromatic carbocycles. The van der Waals surface area contributed by atoms with Gasteiger partial charge in [0.2, 0.25) is 0 Å². The van der Waals surface area contributed by atoms with Gasteiger partial charge < -0.3 is 10.0 Å². The maximum Gasteiger partial charge on any atom is 0.131 e. The van der Waals surface area contributed by atoms with E-state index in [1.54, 1.807) is 18.2 Å². The lowest BCUT2D eigenvalue weighted by atomic mass is 10.1. The first kappa shape index (κ1) is 15.7. The number of anilines is 1. The molecule has 0 saturated carbocycles. The second kappa shape index (κ2) is 6.87. The summed E-state index contributed by atoms with van der Waals surface area (Å²) < 4.78 is 27.5. The highest BCUT2D eigenvalue weighted by molar-refractivity contribution is 6.31. The molecule has 0 spiro atoms. The average Bonchev–Trinajstić information content (AvgIpc) is 2.47. The first-order chi connectivity index (χ1) is 10.1. The van der Waals surface area contributed by atoms with Crippen molar-refractivity contribution >= 4 is 17.3 Å². The zero-order valence-corrected chi connectivity index (χ0v) is 12.4. The van der Waals surface area contributed by atoms with Gasteiger partial charge in [0, 0.05) is 29.4 Å². The molecular formula is C16H16ClF2NO. The summed E-state index contributed by atoms with van der Waals surface area (Å²) in [6, 6.07) is 9.01. The Labute approximate surface area is 127 Å². The van der Waals surface area contributed by atoms with Gasteiger partial charge in [-0.05, 0) is 36.8 Å². The molecule has 2 rings (SSSR count). The molecule has 0 atom stereocenters. The van der Waals surface area contributed by atoms with Gasteiger partial charge in [-0.3, -0.25) is 0 Å². The van der Waals surface area contributed by atoms with Crippen LogP contribution in [0, 0.1) is 11.6 Å². The molecule has 112 valence electrons.